The average molecular weight is 295 g/mol. The van der Waals surface area contributed by atoms with Crippen LogP contribution in [-0.2, 0) is 16.1 Å². The van der Waals surface area contributed by atoms with Gasteiger partial charge in [0.05, 0.1) is 6.54 Å². The normalized spacial score (nSPS) is 15.8. The van der Waals surface area contributed by atoms with Crippen LogP contribution in [0.5, 0.6) is 0 Å². The SMILES string of the molecule is Cc1cc(CNC(=O)C(=O)N2CCCNCC2)sc1C. The average Bonchev–Trinajstić information content (AvgIpc) is 2.65. The lowest BCUT2D eigenvalue weighted by Gasteiger charge is -2.18. The molecule has 5 nitrogen and oxygen atoms in total. The first-order valence-corrected chi connectivity index (χ1v) is 7.73. The molecular formula is C14H21N3O2S. The number of thiophene rings is 1. The van der Waals surface area contributed by atoms with E-state index in [1.807, 2.05) is 6.92 Å². The Morgan fingerprint density at radius 2 is 2.15 bits per heavy atom. The van der Waals surface area contributed by atoms with Crippen LogP contribution in [0.2, 0.25) is 0 Å². The predicted octanol–water partition coefficient (Wildman–Crippen LogP) is 0.803. The van der Waals surface area contributed by atoms with Crippen molar-refractivity contribution in [3.63, 3.8) is 0 Å². The van der Waals surface area contributed by atoms with Crippen LogP contribution in [0.4, 0.5) is 0 Å². The maximum atomic E-state index is 12.0. The van der Waals surface area contributed by atoms with Crippen molar-refractivity contribution in [3.05, 3.63) is 21.4 Å². The Kier molecular flexibility index (Phi) is 5.14. The molecule has 2 rings (SSSR count). The Labute approximate surface area is 123 Å². The molecule has 0 saturated carbocycles. The molecule has 2 amide bonds. The summed E-state index contributed by atoms with van der Waals surface area (Å²) in [5, 5.41) is 5.93. The molecule has 0 radical (unpaired) electrons. The van der Waals surface area contributed by atoms with E-state index < -0.39 is 11.8 Å². The van der Waals surface area contributed by atoms with Crippen molar-refractivity contribution in [2.75, 3.05) is 26.2 Å². The van der Waals surface area contributed by atoms with Gasteiger partial charge in [0, 0.05) is 29.4 Å². The van der Waals surface area contributed by atoms with Gasteiger partial charge in [-0.05, 0) is 38.4 Å². The lowest BCUT2D eigenvalue weighted by atomic mass is 10.3. The minimum Gasteiger partial charge on any atom is -0.343 e. The zero-order valence-electron chi connectivity index (χ0n) is 12.0. The summed E-state index contributed by atoms with van der Waals surface area (Å²) < 4.78 is 0. The Balaban J connectivity index is 1.85. The van der Waals surface area contributed by atoms with Gasteiger partial charge < -0.3 is 15.5 Å². The summed E-state index contributed by atoms with van der Waals surface area (Å²) in [4.78, 5) is 27.9. The molecule has 1 fully saturated rings. The number of nitrogens with one attached hydrogen (secondary N) is 2. The van der Waals surface area contributed by atoms with Crippen molar-refractivity contribution in [1.29, 1.82) is 0 Å². The Bertz CT molecular complexity index is 471. The molecular weight excluding hydrogens is 274 g/mol. The van der Waals surface area contributed by atoms with E-state index in [1.54, 1.807) is 16.2 Å². The number of hydrogen-bond acceptors (Lipinski definition) is 4. The van der Waals surface area contributed by atoms with Crippen LogP contribution in [0, 0.1) is 13.8 Å². The quantitative estimate of drug-likeness (QED) is 0.794. The van der Waals surface area contributed by atoms with Gasteiger partial charge in [-0.25, -0.2) is 0 Å². The van der Waals surface area contributed by atoms with E-state index in [4.69, 9.17) is 0 Å². The molecule has 0 atom stereocenters. The van der Waals surface area contributed by atoms with Gasteiger partial charge in [-0.1, -0.05) is 0 Å². The summed E-state index contributed by atoms with van der Waals surface area (Å²) in [6, 6.07) is 2.06. The lowest BCUT2D eigenvalue weighted by Crippen LogP contribution is -2.44. The number of hydrogen-bond donors (Lipinski definition) is 2. The molecule has 1 aromatic heterocycles. The second-order valence-corrected chi connectivity index (χ2v) is 6.37. The van der Waals surface area contributed by atoms with E-state index in [9.17, 15) is 9.59 Å². The summed E-state index contributed by atoms with van der Waals surface area (Å²) in [7, 11) is 0. The monoisotopic (exact) mass is 295 g/mol. The molecule has 1 aliphatic rings. The molecule has 6 heteroatoms. The number of aryl methyl sites for hydroxylation is 2. The summed E-state index contributed by atoms with van der Waals surface area (Å²) in [6.45, 7) is 7.44. The molecule has 20 heavy (non-hydrogen) atoms. The maximum Gasteiger partial charge on any atom is 0.311 e. The van der Waals surface area contributed by atoms with E-state index >= 15 is 0 Å². The molecule has 2 heterocycles. The third kappa shape index (κ3) is 3.80. The second kappa shape index (κ2) is 6.85. The van der Waals surface area contributed by atoms with Crippen LogP contribution in [0.25, 0.3) is 0 Å². The maximum absolute atomic E-state index is 12.0. The third-order valence-corrected chi connectivity index (χ3v) is 4.61. The molecule has 0 aromatic carbocycles. The number of rotatable bonds is 2. The van der Waals surface area contributed by atoms with Crippen LogP contribution < -0.4 is 10.6 Å². The molecule has 2 N–H and O–H groups in total. The van der Waals surface area contributed by atoms with Crippen molar-refractivity contribution >= 4 is 23.2 Å². The van der Waals surface area contributed by atoms with Gasteiger partial charge in [-0.2, -0.15) is 0 Å². The largest absolute Gasteiger partial charge is 0.343 e. The van der Waals surface area contributed by atoms with Crippen molar-refractivity contribution in [2.45, 2.75) is 26.8 Å². The van der Waals surface area contributed by atoms with E-state index in [2.05, 4.69) is 23.6 Å². The highest BCUT2D eigenvalue weighted by Crippen LogP contribution is 2.20. The molecule has 1 aliphatic heterocycles. The van der Waals surface area contributed by atoms with E-state index in [0.717, 1.165) is 24.4 Å². The minimum atomic E-state index is -0.504. The van der Waals surface area contributed by atoms with Crippen LogP contribution >= 0.6 is 11.3 Å². The number of carbonyl (C=O) groups is 2. The lowest BCUT2D eigenvalue weighted by molar-refractivity contribution is -0.145. The van der Waals surface area contributed by atoms with E-state index in [-0.39, 0.29) is 0 Å². The summed E-state index contributed by atoms with van der Waals surface area (Å²) in [5.74, 6) is -0.922. The molecule has 1 aromatic rings. The zero-order chi connectivity index (χ0) is 14.5. The van der Waals surface area contributed by atoms with E-state index in [0.29, 0.717) is 19.6 Å². The predicted molar refractivity (Wildman–Crippen MR) is 79.7 cm³/mol. The van der Waals surface area contributed by atoms with E-state index in [1.165, 1.54) is 10.4 Å². The van der Waals surface area contributed by atoms with Gasteiger partial charge in [-0.15, -0.1) is 11.3 Å². The number of amides is 2. The first kappa shape index (κ1) is 15.0. The molecule has 0 spiro atoms. The topological polar surface area (TPSA) is 61.4 Å². The third-order valence-electron chi connectivity index (χ3n) is 3.46. The number of nitrogens with zero attached hydrogens (tertiary/aromatic N) is 1. The van der Waals surface area contributed by atoms with Crippen LogP contribution in [0.1, 0.15) is 21.7 Å². The molecule has 0 unspecified atom stereocenters. The highest BCUT2D eigenvalue weighted by Gasteiger charge is 2.22. The van der Waals surface area contributed by atoms with Gasteiger partial charge in [0.15, 0.2) is 0 Å². The van der Waals surface area contributed by atoms with Crippen LogP contribution in [0.3, 0.4) is 0 Å². The highest BCUT2D eigenvalue weighted by molar-refractivity contribution is 7.12. The van der Waals surface area contributed by atoms with Crippen molar-refractivity contribution < 1.29 is 9.59 Å². The van der Waals surface area contributed by atoms with Gasteiger partial charge >= 0.3 is 11.8 Å². The summed E-state index contributed by atoms with van der Waals surface area (Å²) >= 11 is 1.66. The Morgan fingerprint density at radius 1 is 1.35 bits per heavy atom. The van der Waals surface area contributed by atoms with Gasteiger partial charge in [0.2, 0.25) is 0 Å². The summed E-state index contributed by atoms with van der Waals surface area (Å²) in [5.41, 5.74) is 1.23. The van der Waals surface area contributed by atoms with Crippen molar-refractivity contribution in [2.24, 2.45) is 0 Å². The van der Waals surface area contributed by atoms with Crippen molar-refractivity contribution in [3.8, 4) is 0 Å². The zero-order valence-corrected chi connectivity index (χ0v) is 12.8. The van der Waals surface area contributed by atoms with Crippen LogP contribution in [0.15, 0.2) is 6.07 Å². The second-order valence-electron chi connectivity index (χ2n) is 5.03. The molecule has 0 aliphatic carbocycles. The highest BCUT2D eigenvalue weighted by atomic mass is 32.1. The minimum absolute atomic E-state index is 0.418. The fourth-order valence-corrected chi connectivity index (χ4v) is 3.17. The molecule has 110 valence electrons. The fraction of sp³-hybridized carbons (Fsp3) is 0.571. The fourth-order valence-electron chi connectivity index (χ4n) is 2.17. The Morgan fingerprint density at radius 3 is 2.85 bits per heavy atom. The van der Waals surface area contributed by atoms with Gasteiger partial charge in [0.1, 0.15) is 0 Å². The molecule has 0 bridgehead atoms. The number of carbonyl (C=O) groups excluding carboxylic acids is 2. The summed E-state index contributed by atoms with van der Waals surface area (Å²) in [6.07, 6.45) is 0.891. The van der Waals surface area contributed by atoms with Crippen molar-refractivity contribution in [1.82, 2.24) is 15.5 Å². The van der Waals surface area contributed by atoms with Crippen LogP contribution in [-0.4, -0.2) is 42.9 Å². The first-order chi connectivity index (χ1) is 9.58. The Hall–Kier alpha value is -1.40. The standard InChI is InChI=1S/C14H21N3O2S/c1-10-8-12(20-11(10)2)9-16-13(18)14(19)17-6-3-4-15-5-7-17/h8,15H,3-7,9H2,1-2H3,(H,16,18). The first-order valence-electron chi connectivity index (χ1n) is 6.91. The smallest absolute Gasteiger partial charge is 0.311 e. The molecule has 1 saturated heterocycles. The van der Waals surface area contributed by atoms with Gasteiger partial charge in [-0.3, -0.25) is 9.59 Å². The van der Waals surface area contributed by atoms with Gasteiger partial charge in [0.25, 0.3) is 0 Å².